The second-order valence-electron chi connectivity index (χ2n) is 4.92. The molecule has 106 valence electrons. The molecule has 0 amide bonds. The highest BCUT2D eigenvalue weighted by Crippen LogP contribution is 2.21. The van der Waals surface area contributed by atoms with Gasteiger partial charge in [0.15, 0.2) is 5.82 Å². The van der Waals surface area contributed by atoms with Gasteiger partial charge in [0, 0.05) is 12.6 Å². The van der Waals surface area contributed by atoms with E-state index in [4.69, 9.17) is 0 Å². The molecule has 4 heteroatoms. The van der Waals surface area contributed by atoms with Crippen LogP contribution in [0, 0.1) is 0 Å². The van der Waals surface area contributed by atoms with Crippen molar-refractivity contribution in [2.75, 3.05) is 0 Å². The summed E-state index contributed by atoms with van der Waals surface area (Å²) in [7, 11) is 1.76. The van der Waals surface area contributed by atoms with Crippen molar-refractivity contribution in [2.45, 2.75) is 13.3 Å². The van der Waals surface area contributed by atoms with Crippen molar-refractivity contribution in [3.05, 3.63) is 70.6 Å². The molecular formula is C17H17N3O. The van der Waals surface area contributed by atoms with E-state index in [-0.39, 0.29) is 5.69 Å². The third-order valence-electron chi connectivity index (χ3n) is 3.62. The van der Waals surface area contributed by atoms with Crippen molar-refractivity contribution in [3.63, 3.8) is 0 Å². The summed E-state index contributed by atoms with van der Waals surface area (Å²) in [6.45, 7) is 2.10. The standard InChI is InChI=1S/C17H17N3O/c1-3-13-9-7-8-12-15(13)16-18-20(17(21)19(16)2)14-10-5-4-6-11-14/h4-12H,3H2,1-2H3. The lowest BCUT2D eigenvalue weighted by atomic mass is 10.1. The van der Waals surface area contributed by atoms with Crippen LogP contribution < -0.4 is 5.69 Å². The van der Waals surface area contributed by atoms with Gasteiger partial charge >= 0.3 is 5.69 Å². The molecule has 3 aromatic rings. The van der Waals surface area contributed by atoms with E-state index in [9.17, 15) is 4.79 Å². The molecule has 3 rings (SSSR count). The first-order valence-electron chi connectivity index (χ1n) is 7.02. The van der Waals surface area contributed by atoms with E-state index in [2.05, 4.69) is 18.1 Å². The molecule has 2 aromatic carbocycles. The maximum absolute atomic E-state index is 12.4. The largest absolute Gasteiger partial charge is 0.350 e. The molecule has 0 atom stereocenters. The molecule has 0 bridgehead atoms. The molecule has 21 heavy (non-hydrogen) atoms. The molecule has 0 N–H and O–H groups in total. The van der Waals surface area contributed by atoms with Gasteiger partial charge in [-0.25, -0.2) is 4.79 Å². The highest BCUT2D eigenvalue weighted by atomic mass is 16.2. The molecule has 0 unspecified atom stereocenters. The van der Waals surface area contributed by atoms with Gasteiger partial charge in [-0.15, -0.1) is 5.10 Å². The van der Waals surface area contributed by atoms with E-state index in [0.29, 0.717) is 5.82 Å². The molecule has 0 saturated heterocycles. The fourth-order valence-electron chi connectivity index (χ4n) is 2.46. The summed E-state index contributed by atoms with van der Waals surface area (Å²) in [5.74, 6) is 0.696. The van der Waals surface area contributed by atoms with Crippen LogP contribution in [0.5, 0.6) is 0 Å². The maximum atomic E-state index is 12.4. The van der Waals surface area contributed by atoms with Crippen LogP contribution in [0.2, 0.25) is 0 Å². The van der Waals surface area contributed by atoms with Gasteiger partial charge in [0.2, 0.25) is 0 Å². The third kappa shape index (κ3) is 2.29. The Morgan fingerprint density at radius 1 is 1.00 bits per heavy atom. The predicted octanol–water partition coefficient (Wildman–Crippen LogP) is 2.80. The molecule has 4 nitrogen and oxygen atoms in total. The van der Waals surface area contributed by atoms with Gasteiger partial charge < -0.3 is 0 Å². The van der Waals surface area contributed by atoms with Crippen molar-refractivity contribution in [1.29, 1.82) is 0 Å². The van der Waals surface area contributed by atoms with Crippen molar-refractivity contribution < 1.29 is 0 Å². The third-order valence-corrected chi connectivity index (χ3v) is 3.62. The number of hydrogen-bond donors (Lipinski definition) is 0. The molecule has 0 spiro atoms. The molecule has 0 aliphatic heterocycles. The van der Waals surface area contributed by atoms with Crippen LogP contribution in [0.3, 0.4) is 0 Å². The Kier molecular flexibility index (Phi) is 3.44. The highest BCUT2D eigenvalue weighted by Gasteiger charge is 2.15. The van der Waals surface area contributed by atoms with Gasteiger partial charge in [-0.3, -0.25) is 4.57 Å². The van der Waals surface area contributed by atoms with Gasteiger partial charge in [0.1, 0.15) is 0 Å². The van der Waals surface area contributed by atoms with E-state index < -0.39 is 0 Å². The molecule has 0 aliphatic rings. The number of rotatable bonds is 3. The number of nitrogens with zero attached hydrogens (tertiary/aromatic N) is 3. The Bertz CT molecular complexity index is 816. The van der Waals surface area contributed by atoms with E-state index in [1.54, 1.807) is 11.6 Å². The Morgan fingerprint density at radius 3 is 2.38 bits per heavy atom. The van der Waals surface area contributed by atoms with Gasteiger partial charge in [0.05, 0.1) is 5.69 Å². The summed E-state index contributed by atoms with van der Waals surface area (Å²) in [4.78, 5) is 12.4. The minimum absolute atomic E-state index is 0.137. The quantitative estimate of drug-likeness (QED) is 0.739. The Morgan fingerprint density at radius 2 is 1.67 bits per heavy atom. The van der Waals surface area contributed by atoms with Gasteiger partial charge in [-0.2, -0.15) is 4.68 Å². The van der Waals surface area contributed by atoms with Gasteiger partial charge in [-0.1, -0.05) is 49.4 Å². The second kappa shape index (κ2) is 5.40. The fourth-order valence-corrected chi connectivity index (χ4v) is 2.46. The molecule has 0 fully saturated rings. The molecule has 1 aromatic heterocycles. The fraction of sp³-hybridized carbons (Fsp3) is 0.176. The van der Waals surface area contributed by atoms with Crippen LogP contribution in [0.15, 0.2) is 59.4 Å². The summed E-state index contributed by atoms with van der Waals surface area (Å²) in [5, 5.41) is 4.53. The van der Waals surface area contributed by atoms with Crippen molar-refractivity contribution >= 4 is 0 Å². The first-order valence-corrected chi connectivity index (χ1v) is 7.02. The summed E-state index contributed by atoms with van der Waals surface area (Å²) < 4.78 is 3.04. The zero-order chi connectivity index (χ0) is 14.8. The number of hydrogen-bond acceptors (Lipinski definition) is 2. The average molecular weight is 279 g/mol. The Hall–Kier alpha value is -2.62. The first-order chi connectivity index (χ1) is 10.2. The maximum Gasteiger partial charge on any atom is 0.350 e. The summed E-state index contributed by atoms with van der Waals surface area (Å²) in [6, 6.07) is 17.5. The van der Waals surface area contributed by atoms with Crippen LogP contribution in [-0.4, -0.2) is 14.3 Å². The molecule has 0 radical (unpaired) electrons. The first kappa shape index (κ1) is 13.4. The summed E-state index contributed by atoms with van der Waals surface area (Å²) in [5.41, 5.74) is 2.83. The van der Waals surface area contributed by atoms with E-state index in [0.717, 1.165) is 17.7 Å². The SMILES string of the molecule is CCc1ccccc1-c1nn(-c2ccccc2)c(=O)n1C. The van der Waals surface area contributed by atoms with E-state index in [1.807, 2.05) is 48.5 Å². The zero-order valence-electron chi connectivity index (χ0n) is 12.2. The normalized spacial score (nSPS) is 10.8. The monoisotopic (exact) mass is 279 g/mol. The number of aryl methyl sites for hydroxylation is 1. The molecule has 0 saturated carbocycles. The van der Waals surface area contributed by atoms with Crippen molar-refractivity contribution in [2.24, 2.45) is 7.05 Å². The van der Waals surface area contributed by atoms with Gasteiger partial charge in [-0.05, 0) is 24.1 Å². The van der Waals surface area contributed by atoms with Crippen LogP contribution in [0.25, 0.3) is 17.1 Å². The van der Waals surface area contributed by atoms with Crippen molar-refractivity contribution in [3.8, 4) is 17.1 Å². The second-order valence-corrected chi connectivity index (χ2v) is 4.92. The molecule has 0 aliphatic carbocycles. The average Bonchev–Trinajstić information content (AvgIpc) is 2.84. The predicted molar refractivity (Wildman–Crippen MR) is 83.6 cm³/mol. The topological polar surface area (TPSA) is 39.8 Å². The lowest BCUT2D eigenvalue weighted by Crippen LogP contribution is -2.21. The molecular weight excluding hydrogens is 262 g/mol. The number of para-hydroxylation sites is 1. The van der Waals surface area contributed by atoms with Crippen LogP contribution in [0.1, 0.15) is 12.5 Å². The smallest absolute Gasteiger partial charge is 0.278 e. The Balaban J connectivity index is 2.20. The lowest BCUT2D eigenvalue weighted by molar-refractivity contribution is 0.799. The van der Waals surface area contributed by atoms with E-state index in [1.165, 1.54) is 10.2 Å². The van der Waals surface area contributed by atoms with Crippen LogP contribution >= 0.6 is 0 Å². The summed E-state index contributed by atoms with van der Waals surface area (Å²) >= 11 is 0. The van der Waals surface area contributed by atoms with Crippen LogP contribution in [-0.2, 0) is 13.5 Å². The lowest BCUT2D eigenvalue weighted by Gasteiger charge is -2.05. The zero-order valence-corrected chi connectivity index (χ0v) is 12.2. The summed E-state index contributed by atoms with van der Waals surface area (Å²) in [6.07, 6.45) is 0.905. The van der Waals surface area contributed by atoms with Crippen molar-refractivity contribution in [1.82, 2.24) is 14.3 Å². The van der Waals surface area contributed by atoms with E-state index >= 15 is 0 Å². The highest BCUT2D eigenvalue weighted by molar-refractivity contribution is 5.60. The number of aromatic nitrogens is 3. The molecule has 1 heterocycles. The van der Waals surface area contributed by atoms with Crippen LogP contribution in [0.4, 0.5) is 0 Å². The number of benzene rings is 2. The Labute approximate surface area is 123 Å². The van der Waals surface area contributed by atoms with Gasteiger partial charge in [0.25, 0.3) is 0 Å². The minimum atomic E-state index is -0.137. The minimum Gasteiger partial charge on any atom is -0.278 e.